The van der Waals surface area contributed by atoms with Crippen LogP contribution in [0.15, 0.2) is 78.5 Å². The third kappa shape index (κ3) is 3.13. The first-order valence-corrected chi connectivity index (χ1v) is 10.4. The van der Waals surface area contributed by atoms with Gasteiger partial charge in [0, 0.05) is 12.2 Å². The van der Waals surface area contributed by atoms with Gasteiger partial charge in [-0.2, -0.15) is 0 Å². The van der Waals surface area contributed by atoms with E-state index in [0.717, 1.165) is 29.7 Å². The predicted molar refractivity (Wildman–Crippen MR) is 119 cm³/mol. The van der Waals surface area contributed by atoms with Crippen LogP contribution in [-0.4, -0.2) is 18.4 Å². The van der Waals surface area contributed by atoms with Crippen LogP contribution in [0, 0.1) is 12.7 Å². The highest BCUT2D eigenvalue weighted by atomic mass is 19.1. The van der Waals surface area contributed by atoms with Crippen LogP contribution in [-0.2, 0) is 16.0 Å². The molecule has 0 saturated heterocycles. The zero-order chi connectivity index (χ0) is 21.5. The Morgan fingerprint density at radius 2 is 1.48 bits per heavy atom. The molecule has 2 heterocycles. The van der Waals surface area contributed by atoms with Crippen LogP contribution in [0.1, 0.15) is 23.1 Å². The van der Waals surface area contributed by atoms with Gasteiger partial charge >= 0.3 is 0 Å². The minimum absolute atomic E-state index is 0.310. The monoisotopic (exact) mass is 412 g/mol. The normalized spacial score (nSPS) is 16.2. The van der Waals surface area contributed by atoms with Crippen molar-refractivity contribution < 1.29 is 14.0 Å². The molecule has 0 fully saturated rings. The Kier molecular flexibility index (Phi) is 4.66. The average molecular weight is 412 g/mol. The molecule has 0 spiro atoms. The molecule has 0 radical (unpaired) electrons. The second kappa shape index (κ2) is 7.51. The molecule has 0 atom stereocenters. The molecular formula is C26H21FN2O2. The molecule has 4 nitrogen and oxygen atoms in total. The number of amides is 2. The van der Waals surface area contributed by atoms with Crippen molar-refractivity contribution in [3.63, 3.8) is 0 Å². The quantitative estimate of drug-likeness (QED) is 0.576. The lowest BCUT2D eigenvalue weighted by Gasteiger charge is -2.32. The highest BCUT2D eigenvalue weighted by molar-refractivity contribution is 6.46. The fourth-order valence-electron chi connectivity index (χ4n) is 4.44. The van der Waals surface area contributed by atoms with E-state index >= 15 is 0 Å². The number of carbonyl (C=O) groups is 2. The first-order valence-electron chi connectivity index (χ1n) is 10.4. The summed E-state index contributed by atoms with van der Waals surface area (Å²) in [5.41, 5.74) is 4.69. The van der Waals surface area contributed by atoms with Gasteiger partial charge in [-0.3, -0.25) is 9.59 Å². The van der Waals surface area contributed by atoms with Crippen molar-refractivity contribution in [3.05, 3.63) is 101 Å². The number of para-hydroxylation sites is 2. The molecule has 0 bridgehead atoms. The number of nitrogens with zero attached hydrogens (tertiary/aromatic N) is 2. The lowest BCUT2D eigenvalue weighted by atomic mass is 9.98. The van der Waals surface area contributed by atoms with Gasteiger partial charge in [-0.1, -0.05) is 48.5 Å². The van der Waals surface area contributed by atoms with Crippen molar-refractivity contribution in [2.75, 3.05) is 16.3 Å². The maximum Gasteiger partial charge on any atom is 0.282 e. The number of carbonyl (C=O) groups excluding carboxylic acids is 2. The molecule has 2 amide bonds. The smallest absolute Gasteiger partial charge is 0.282 e. The molecule has 0 saturated carbocycles. The topological polar surface area (TPSA) is 40.6 Å². The molecular weight excluding hydrogens is 391 g/mol. The minimum atomic E-state index is -0.387. The Labute approximate surface area is 180 Å². The third-order valence-electron chi connectivity index (χ3n) is 5.93. The Morgan fingerprint density at radius 1 is 0.806 bits per heavy atom. The van der Waals surface area contributed by atoms with Crippen molar-refractivity contribution in [1.82, 2.24) is 0 Å². The lowest BCUT2D eigenvalue weighted by Crippen LogP contribution is -2.37. The van der Waals surface area contributed by atoms with Crippen LogP contribution < -0.4 is 9.80 Å². The molecule has 5 rings (SSSR count). The summed E-state index contributed by atoms with van der Waals surface area (Å²) in [4.78, 5) is 30.6. The fourth-order valence-corrected chi connectivity index (χ4v) is 4.44. The first-order chi connectivity index (χ1) is 15.1. The van der Waals surface area contributed by atoms with Gasteiger partial charge in [0.05, 0.1) is 11.3 Å². The number of fused-ring (bicyclic) bond motifs is 1. The summed E-state index contributed by atoms with van der Waals surface area (Å²) in [5, 5.41) is 0. The van der Waals surface area contributed by atoms with Gasteiger partial charge in [0.1, 0.15) is 11.5 Å². The number of benzene rings is 3. The fraction of sp³-hybridized carbons (Fsp3) is 0.154. The van der Waals surface area contributed by atoms with Crippen LogP contribution in [0.25, 0.3) is 5.57 Å². The van der Waals surface area contributed by atoms with E-state index in [1.165, 1.54) is 17.0 Å². The molecule has 3 aromatic rings. The summed E-state index contributed by atoms with van der Waals surface area (Å²) in [5.74, 6) is -1.12. The van der Waals surface area contributed by atoms with Crippen molar-refractivity contribution in [3.8, 4) is 0 Å². The van der Waals surface area contributed by atoms with Crippen LogP contribution in [0.5, 0.6) is 0 Å². The summed E-state index contributed by atoms with van der Waals surface area (Å²) < 4.78 is 13.6. The molecule has 0 unspecified atom stereocenters. The lowest BCUT2D eigenvalue weighted by molar-refractivity contribution is -0.120. The zero-order valence-corrected chi connectivity index (χ0v) is 17.1. The molecule has 31 heavy (non-hydrogen) atoms. The molecule has 0 aliphatic carbocycles. The standard InChI is InChI=1S/C26H21FN2O2/c1-17-7-2-4-10-21(17)29-25(30)23(19-12-14-20(27)15-13-19)24(26(29)31)28-16-6-9-18-8-3-5-11-22(18)28/h2-5,7-8,10-15H,6,9,16H2,1H3. The summed E-state index contributed by atoms with van der Waals surface area (Å²) in [6.45, 7) is 2.51. The average Bonchev–Trinajstić information content (AvgIpc) is 3.04. The van der Waals surface area contributed by atoms with Crippen molar-refractivity contribution in [1.29, 1.82) is 0 Å². The molecule has 0 N–H and O–H groups in total. The number of aryl methyl sites for hydroxylation is 2. The number of rotatable bonds is 3. The molecule has 5 heteroatoms. The first kappa shape index (κ1) is 19.2. The summed E-state index contributed by atoms with van der Waals surface area (Å²) >= 11 is 0. The maximum atomic E-state index is 13.8. The van der Waals surface area contributed by atoms with Crippen LogP contribution in [0.3, 0.4) is 0 Å². The highest BCUT2D eigenvalue weighted by Crippen LogP contribution is 2.40. The van der Waals surface area contributed by atoms with Gasteiger partial charge in [-0.15, -0.1) is 0 Å². The molecule has 0 aromatic heterocycles. The summed E-state index contributed by atoms with van der Waals surface area (Å²) in [6, 6.07) is 21.1. The van der Waals surface area contributed by atoms with Gasteiger partial charge in [0.2, 0.25) is 0 Å². The van der Waals surface area contributed by atoms with Crippen LogP contribution in [0.2, 0.25) is 0 Å². The Bertz CT molecular complexity index is 1230. The highest BCUT2D eigenvalue weighted by Gasteiger charge is 2.43. The second-order valence-electron chi connectivity index (χ2n) is 7.85. The SMILES string of the molecule is Cc1ccccc1N1C(=O)C(c2ccc(F)cc2)=C(N2CCCc3ccccc32)C1=O. The van der Waals surface area contributed by atoms with Crippen molar-refractivity contribution in [2.24, 2.45) is 0 Å². The molecule has 3 aromatic carbocycles. The van der Waals surface area contributed by atoms with Gasteiger partial charge < -0.3 is 4.90 Å². The van der Waals surface area contributed by atoms with Crippen molar-refractivity contribution in [2.45, 2.75) is 19.8 Å². The maximum absolute atomic E-state index is 13.8. The van der Waals surface area contributed by atoms with E-state index in [4.69, 9.17) is 0 Å². The van der Waals surface area contributed by atoms with Gasteiger partial charge in [0.15, 0.2) is 0 Å². The van der Waals surface area contributed by atoms with Gasteiger partial charge in [-0.05, 0) is 60.7 Å². The third-order valence-corrected chi connectivity index (χ3v) is 5.93. The number of anilines is 2. The van der Waals surface area contributed by atoms with Crippen LogP contribution in [0.4, 0.5) is 15.8 Å². The van der Waals surface area contributed by atoms with Crippen molar-refractivity contribution >= 4 is 28.8 Å². The Balaban J connectivity index is 1.72. The van der Waals surface area contributed by atoms with E-state index in [1.807, 2.05) is 48.2 Å². The number of imide groups is 1. The predicted octanol–water partition coefficient (Wildman–Crippen LogP) is 4.87. The summed E-state index contributed by atoms with van der Waals surface area (Å²) in [7, 11) is 0. The van der Waals surface area contributed by atoms with Gasteiger partial charge in [-0.25, -0.2) is 9.29 Å². The largest absolute Gasteiger partial charge is 0.336 e. The number of halogens is 1. The minimum Gasteiger partial charge on any atom is -0.336 e. The van der Waals surface area contributed by atoms with E-state index < -0.39 is 0 Å². The second-order valence-corrected chi connectivity index (χ2v) is 7.85. The molecule has 154 valence electrons. The van der Waals surface area contributed by atoms with E-state index in [0.29, 0.717) is 29.1 Å². The number of hydrogen-bond acceptors (Lipinski definition) is 3. The number of hydrogen-bond donors (Lipinski definition) is 0. The van der Waals surface area contributed by atoms with E-state index in [-0.39, 0.29) is 17.6 Å². The van der Waals surface area contributed by atoms with E-state index in [2.05, 4.69) is 6.07 Å². The van der Waals surface area contributed by atoms with E-state index in [1.54, 1.807) is 18.2 Å². The van der Waals surface area contributed by atoms with Crippen LogP contribution >= 0.6 is 0 Å². The zero-order valence-electron chi connectivity index (χ0n) is 17.1. The van der Waals surface area contributed by atoms with Gasteiger partial charge in [0.25, 0.3) is 11.8 Å². The Hall–Kier alpha value is -3.73. The Morgan fingerprint density at radius 3 is 2.23 bits per heavy atom. The molecule has 2 aliphatic rings. The molecule has 2 aliphatic heterocycles. The summed E-state index contributed by atoms with van der Waals surface area (Å²) in [6.07, 6.45) is 1.80. The van der Waals surface area contributed by atoms with E-state index in [9.17, 15) is 14.0 Å².